The minimum atomic E-state index is -0.169. The van der Waals surface area contributed by atoms with Crippen LogP contribution in [-0.4, -0.2) is 46.2 Å². The van der Waals surface area contributed by atoms with Crippen molar-refractivity contribution in [1.82, 2.24) is 14.8 Å². The minimum absolute atomic E-state index is 0.136. The van der Waals surface area contributed by atoms with Gasteiger partial charge in [0.25, 0.3) is 0 Å². The number of hydrogen-bond donors (Lipinski definition) is 0. The first kappa shape index (κ1) is 19.5. The van der Waals surface area contributed by atoms with Crippen LogP contribution in [0.25, 0.3) is 0 Å². The summed E-state index contributed by atoms with van der Waals surface area (Å²) in [6.07, 6.45) is 6.67. The van der Waals surface area contributed by atoms with E-state index in [-0.39, 0.29) is 29.1 Å². The zero-order valence-corrected chi connectivity index (χ0v) is 17.5. The summed E-state index contributed by atoms with van der Waals surface area (Å²) in [5, 5.41) is 0. The zero-order valence-electron chi connectivity index (χ0n) is 17.5. The van der Waals surface area contributed by atoms with Gasteiger partial charge >= 0.3 is 0 Å². The second-order valence-electron chi connectivity index (χ2n) is 9.68. The van der Waals surface area contributed by atoms with Gasteiger partial charge in [-0.2, -0.15) is 0 Å². The van der Waals surface area contributed by atoms with Gasteiger partial charge in [0.1, 0.15) is 11.5 Å². The van der Waals surface area contributed by atoms with Crippen LogP contribution in [0.3, 0.4) is 0 Å². The van der Waals surface area contributed by atoms with Crippen molar-refractivity contribution in [1.29, 1.82) is 0 Å². The number of likely N-dealkylation sites (tertiary alicyclic amines) is 1. The van der Waals surface area contributed by atoms with Gasteiger partial charge in [0.2, 0.25) is 11.8 Å². The van der Waals surface area contributed by atoms with Crippen LogP contribution < -0.4 is 0 Å². The van der Waals surface area contributed by atoms with Crippen LogP contribution in [0.4, 0.5) is 0 Å². The third-order valence-electron chi connectivity index (χ3n) is 6.50. The molecule has 28 heavy (non-hydrogen) atoms. The fourth-order valence-corrected chi connectivity index (χ4v) is 4.84. The average Bonchev–Trinajstić information content (AvgIpc) is 3.35. The molecule has 0 aromatic carbocycles. The molecule has 0 N–H and O–H groups in total. The summed E-state index contributed by atoms with van der Waals surface area (Å²) < 4.78 is 5.96. The fourth-order valence-electron chi connectivity index (χ4n) is 4.84. The smallest absolute Gasteiger partial charge is 0.226 e. The van der Waals surface area contributed by atoms with Gasteiger partial charge in [0.15, 0.2) is 5.89 Å². The van der Waals surface area contributed by atoms with Crippen LogP contribution in [0.2, 0.25) is 0 Å². The lowest BCUT2D eigenvalue weighted by molar-refractivity contribution is -0.148. The van der Waals surface area contributed by atoms with Crippen molar-refractivity contribution < 1.29 is 14.0 Å². The summed E-state index contributed by atoms with van der Waals surface area (Å²) in [6, 6.07) is 0. The minimum Gasteiger partial charge on any atom is -0.445 e. The van der Waals surface area contributed by atoms with Crippen LogP contribution in [0, 0.1) is 11.8 Å². The first-order valence-corrected chi connectivity index (χ1v) is 10.9. The summed E-state index contributed by atoms with van der Waals surface area (Å²) in [5.74, 6) is 1.71. The normalized spacial score (nSPS) is 25.7. The van der Waals surface area contributed by atoms with Crippen molar-refractivity contribution in [3.8, 4) is 0 Å². The molecule has 154 valence electrons. The highest BCUT2D eigenvalue weighted by Gasteiger charge is 2.41. The van der Waals surface area contributed by atoms with E-state index in [0.717, 1.165) is 69.0 Å². The summed E-state index contributed by atoms with van der Waals surface area (Å²) >= 11 is 0. The Balaban J connectivity index is 1.48. The lowest BCUT2D eigenvalue weighted by Crippen LogP contribution is -2.47. The predicted octanol–water partition coefficient (Wildman–Crippen LogP) is 3.29. The number of hydrogen-bond acceptors (Lipinski definition) is 4. The Bertz CT molecular complexity index is 743. The standard InChI is InChI=1S/C22H33N3O3/c1-22(2,3)21-23-17-14-25(13-10-18(17)28-21)20(27)16-9-5-4-8-15(16)19(26)24-11-6-7-12-24/h15-16H,4-14H2,1-3H3/t15-,16+/m1/s1. The quantitative estimate of drug-likeness (QED) is 0.781. The molecular weight excluding hydrogens is 354 g/mol. The third-order valence-corrected chi connectivity index (χ3v) is 6.50. The highest BCUT2D eigenvalue weighted by molar-refractivity contribution is 5.88. The Morgan fingerprint density at radius 2 is 1.54 bits per heavy atom. The molecule has 3 aliphatic rings. The van der Waals surface area contributed by atoms with E-state index in [1.54, 1.807) is 0 Å². The van der Waals surface area contributed by atoms with Crippen LogP contribution >= 0.6 is 0 Å². The van der Waals surface area contributed by atoms with E-state index in [2.05, 4.69) is 25.8 Å². The van der Waals surface area contributed by atoms with Crippen molar-refractivity contribution in [3.05, 3.63) is 17.3 Å². The second kappa shape index (κ2) is 7.53. The van der Waals surface area contributed by atoms with E-state index < -0.39 is 0 Å². The van der Waals surface area contributed by atoms with E-state index in [9.17, 15) is 9.59 Å². The van der Waals surface area contributed by atoms with Crippen molar-refractivity contribution in [2.75, 3.05) is 19.6 Å². The van der Waals surface area contributed by atoms with E-state index >= 15 is 0 Å². The maximum absolute atomic E-state index is 13.4. The van der Waals surface area contributed by atoms with Gasteiger partial charge in [0, 0.05) is 43.3 Å². The molecule has 4 rings (SSSR count). The van der Waals surface area contributed by atoms with Crippen LogP contribution in [-0.2, 0) is 28.0 Å². The number of aromatic nitrogens is 1. The largest absolute Gasteiger partial charge is 0.445 e. The van der Waals surface area contributed by atoms with Gasteiger partial charge in [-0.25, -0.2) is 4.98 Å². The molecule has 2 aliphatic heterocycles. The van der Waals surface area contributed by atoms with Gasteiger partial charge in [0.05, 0.1) is 6.54 Å². The summed E-state index contributed by atoms with van der Waals surface area (Å²) in [4.78, 5) is 35.0. The molecule has 1 saturated heterocycles. The van der Waals surface area contributed by atoms with Gasteiger partial charge in [-0.05, 0) is 25.7 Å². The molecule has 0 unspecified atom stereocenters. The molecule has 6 heteroatoms. The van der Waals surface area contributed by atoms with E-state index in [4.69, 9.17) is 4.42 Å². The molecule has 1 aromatic rings. The lowest BCUT2D eigenvalue weighted by Gasteiger charge is -2.36. The van der Waals surface area contributed by atoms with Gasteiger partial charge in [-0.3, -0.25) is 9.59 Å². The summed E-state index contributed by atoms with van der Waals surface area (Å²) in [7, 11) is 0. The molecule has 0 spiro atoms. The summed E-state index contributed by atoms with van der Waals surface area (Å²) in [6.45, 7) is 9.15. The molecule has 0 bridgehead atoms. The molecule has 6 nitrogen and oxygen atoms in total. The second-order valence-corrected chi connectivity index (χ2v) is 9.68. The van der Waals surface area contributed by atoms with Crippen molar-refractivity contribution >= 4 is 11.8 Å². The molecular formula is C22H33N3O3. The number of rotatable bonds is 2. The summed E-state index contributed by atoms with van der Waals surface area (Å²) in [5.41, 5.74) is 0.755. The fraction of sp³-hybridized carbons (Fsp3) is 0.773. The Morgan fingerprint density at radius 1 is 0.929 bits per heavy atom. The zero-order chi connectivity index (χ0) is 19.9. The average molecular weight is 388 g/mol. The molecule has 1 saturated carbocycles. The highest BCUT2D eigenvalue weighted by atomic mass is 16.4. The predicted molar refractivity (Wildman–Crippen MR) is 106 cm³/mol. The van der Waals surface area contributed by atoms with Crippen LogP contribution in [0.5, 0.6) is 0 Å². The Kier molecular flexibility index (Phi) is 5.23. The lowest BCUT2D eigenvalue weighted by atomic mass is 9.77. The van der Waals surface area contributed by atoms with Gasteiger partial charge in [-0.1, -0.05) is 33.6 Å². The Morgan fingerprint density at radius 3 is 2.14 bits per heavy atom. The number of fused-ring (bicyclic) bond motifs is 1. The molecule has 2 amide bonds. The monoisotopic (exact) mass is 387 g/mol. The highest BCUT2D eigenvalue weighted by Crippen LogP contribution is 2.35. The van der Waals surface area contributed by atoms with E-state index in [1.807, 2.05) is 9.80 Å². The SMILES string of the molecule is CC(C)(C)c1nc2c(o1)CCN(C(=O)[C@H]1CCCC[C@H]1C(=O)N1CCCC1)C2. The Labute approximate surface area is 167 Å². The first-order chi connectivity index (χ1) is 13.3. The number of amides is 2. The maximum atomic E-state index is 13.4. The topological polar surface area (TPSA) is 66.7 Å². The Hall–Kier alpha value is -1.85. The van der Waals surface area contributed by atoms with Crippen molar-refractivity contribution in [2.45, 2.75) is 77.7 Å². The first-order valence-electron chi connectivity index (χ1n) is 10.9. The van der Waals surface area contributed by atoms with Crippen LogP contribution in [0.15, 0.2) is 4.42 Å². The van der Waals surface area contributed by atoms with Crippen molar-refractivity contribution in [2.24, 2.45) is 11.8 Å². The molecule has 0 radical (unpaired) electrons. The number of oxazole rings is 1. The molecule has 2 fully saturated rings. The van der Waals surface area contributed by atoms with Crippen molar-refractivity contribution in [3.63, 3.8) is 0 Å². The number of carbonyl (C=O) groups is 2. The van der Waals surface area contributed by atoms with Gasteiger partial charge in [-0.15, -0.1) is 0 Å². The number of carbonyl (C=O) groups excluding carboxylic acids is 2. The molecule has 1 aliphatic carbocycles. The molecule has 1 aromatic heterocycles. The molecule has 3 heterocycles. The number of nitrogens with zero attached hydrogens (tertiary/aromatic N) is 3. The van der Waals surface area contributed by atoms with Crippen LogP contribution in [0.1, 0.15) is 76.6 Å². The third kappa shape index (κ3) is 3.70. The molecule has 2 atom stereocenters. The van der Waals surface area contributed by atoms with E-state index in [1.165, 1.54) is 0 Å². The van der Waals surface area contributed by atoms with E-state index in [0.29, 0.717) is 19.5 Å². The maximum Gasteiger partial charge on any atom is 0.226 e. The van der Waals surface area contributed by atoms with Gasteiger partial charge < -0.3 is 14.2 Å².